The van der Waals surface area contributed by atoms with Crippen LogP contribution in [0.5, 0.6) is 0 Å². The molecule has 0 saturated carbocycles. The van der Waals surface area contributed by atoms with Gasteiger partial charge in [0, 0.05) is 12.1 Å². The standard InChI is InChI=1S/C9H8ClNO4/c10-9(12)6-15-5-7-2-1-3-8(4-7)11(13)14/h1-4H,5-6H2. The summed E-state index contributed by atoms with van der Waals surface area (Å²) in [4.78, 5) is 20.3. The molecule has 1 aromatic rings. The van der Waals surface area contributed by atoms with Gasteiger partial charge in [-0.1, -0.05) is 12.1 Å². The summed E-state index contributed by atoms with van der Waals surface area (Å²) < 4.78 is 4.91. The van der Waals surface area contributed by atoms with Gasteiger partial charge < -0.3 is 4.74 Å². The Balaban J connectivity index is 2.58. The van der Waals surface area contributed by atoms with Gasteiger partial charge in [-0.15, -0.1) is 0 Å². The number of ether oxygens (including phenoxy) is 1. The molecule has 0 amide bonds. The molecule has 0 aliphatic carbocycles. The molecule has 0 spiro atoms. The smallest absolute Gasteiger partial charge is 0.269 e. The Labute approximate surface area is 90.8 Å². The number of non-ortho nitro benzene ring substituents is 1. The van der Waals surface area contributed by atoms with Crippen molar-refractivity contribution in [2.24, 2.45) is 0 Å². The molecule has 0 heterocycles. The number of benzene rings is 1. The highest BCUT2D eigenvalue weighted by molar-refractivity contribution is 6.63. The van der Waals surface area contributed by atoms with Crippen LogP contribution in [0.1, 0.15) is 5.56 Å². The highest BCUT2D eigenvalue weighted by Crippen LogP contribution is 2.13. The molecule has 15 heavy (non-hydrogen) atoms. The average Bonchev–Trinajstić information content (AvgIpc) is 2.17. The SMILES string of the molecule is O=C(Cl)COCc1cccc([N+](=O)[O-])c1. The van der Waals surface area contributed by atoms with Gasteiger partial charge in [-0.3, -0.25) is 14.9 Å². The van der Waals surface area contributed by atoms with E-state index < -0.39 is 10.2 Å². The minimum Gasteiger partial charge on any atom is -0.368 e. The van der Waals surface area contributed by atoms with Crippen LogP contribution in [0.15, 0.2) is 24.3 Å². The molecule has 0 aromatic heterocycles. The van der Waals surface area contributed by atoms with Crippen LogP contribution in [0, 0.1) is 10.1 Å². The molecule has 1 aromatic carbocycles. The number of halogens is 1. The molecule has 0 unspecified atom stereocenters. The van der Waals surface area contributed by atoms with Crippen molar-refractivity contribution >= 4 is 22.5 Å². The van der Waals surface area contributed by atoms with E-state index in [-0.39, 0.29) is 18.9 Å². The second-order valence-electron chi connectivity index (χ2n) is 2.77. The number of nitro benzene ring substituents is 1. The van der Waals surface area contributed by atoms with Crippen molar-refractivity contribution in [3.8, 4) is 0 Å². The van der Waals surface area contributed by atoms with E-state index in [1.54, 1.807) is 12.1 Å². The van der Waals surface area contributed by atoms with Crippen LogP contribution in [0.4, 0.5) is 5.69 Å². The monoisotopic (exact) mass is 229 g/mol. The first kappa shape index (κ1) is 11.6. The maximum absolute atomic E-state index is 10.4. The van der Waals surface area contributed by atoms with E-state index in [1.807, 2.05) is 0 Å². The van der Waals surface area contributed by atoms with Gasteiger partial charge in [-0.2, -0.15) is 0 Å². The van der Waals surface area contributed by atoms with Gasteiger partial charge in [0.15, 0.2) is 0 Å². The molecule has 0 fully saturated rings. The zero-order chi connectivity index (χ0) is 11.3. The Kier molecular flexibility index (Phi) is 4.20. The second-order valence-corrected chi connectivity index (χ2v) is 3.20. The summed E-state index contributed by atoms with van der Waals surface area (Å²) >= 11 is 5.05. The van der Waals surface area contributed by atoms with E-state index >= 15 is 0 Å². The van der Waals surface area contributed by atoms with Crippen molar-refractivity contribution in [2.75, 3.05) is 6.61 Å². The summed E-state index contributed by atoms with van der Waals surface area (Å²) in [5.74, 6) is 0. The average molecular weight is 230 g/mol. The largest absolute Gasteiger partial charge is 0.368 e. The minimum atomic E-state index is -0.597. The Morgan fingerprint density at radius 3 is 2.87 bits per heavy atom. The van der Waals surface area contributed by atoms with Crippen molar-refractivity contribution in [1.29, 1.82) is 0 Å². The predicted molar refractivity (Wildman–Crippen MR) is 53.6 cm³/mol. The van der Waals surface area contributed by atoms with Gasteiger partial charge in [0.25, 0.3) is 5.69 Å². The third-order valence-corrected chi connectivity index (χ3v) is 1.71. The summed E-state index contributed by atoms with van der Waals surface area (Å²) in [6.07, 6.45) is 0. The van der Waals surface area contributed by atoms with Crippen LogP contribution in [0.3, 0.4) is 0 Å². The first-order chi connectivity index (χ1) is 7.09. The van der Waals surface area contributed by atoms with E-state index in [2.05, 4.69) is 0 Å². The number of nitro groups is 1. The molecule has 0 N–H and O–H groups in total. The van der Waals surface area contributed by atoms with Crippen LogP contribution >= 0.6 is 11.6 Å². The normalized spacial score (nSPS) is 9.93. The van der Waals surface area contributed by atoms with Crippen molar-refractivity contribution in [1.82, 2.24) is 0 Å². The first-order valence-electron chi connectivity index (χ1n) is 4.09. The maximum atomic E-state index is 10.4. The van der Waals surface area contributed by atoms with Crippen molar-refractivity contribution in [3.05, 3.63) is 39.9 Å². The minimum absolute atomic E-state index is 0.00620. The van der Waals surface area contributed by atoms with E-state index in [0.29, 0.717) is 5.56 Å². The number of rotatable bonds is 5. The van der Waals surface area contributed by atoms with Gasteiger partial charge in [0.2, 0.25) is 5.24 Å². The summed E-state index contributed by atoms with van der Waals surface area (Å²) in [6, 6.07) is 6.00. The second kappa shape index (κ2) is 5.43. The lowest BCUT2D eigenvalue weighted by atomic mass is 10.2. The molecule has 5 nitrogen and oxygen atoms in total. The number of hydrogen-bond donors (Lipinski definition) is 0. The molecule has 0 saturated heterocycles. The fourth-order valence-corrected chi connectivity index (χ4v) is 1.09. The Bertz CT molecular complexity index is 380. The molecule has 0 bridgehead atoms. The number of carbonyl (C=O) groups excluding carboxylic acids is 1. The van der Waals surface area contributed by atoms with Crippen LogP contribution in [0.25, 0.3) is 0 Å². The molecule has 0 aliphatic rings. The van der Waals surface area contributed by atoms with Crippen LogP contribution in [-0.2, 0) is 16.1 Å². The summed E-state index contributed by atoms with van der Waals surface area (Å²) in [7, 11) is 0. The molecular formula is C9H8ClNO4. The third-order valence-electron chi connectivity index (χ3n) is 1.61. The quantitative estimate of drug-likeness (QED) is 0.439. The van der Waals surface area contributed by atoms with Crippen LogP contribution in [0.2, 0.25) is 0 Å². The molecule has 1 rings (SSSR count). The fraction of sp³-hybridized carbons (Fsp3) is 0.222. The highest BCUT2D eigenvalue weighted by atomic mass is 35.5. The summed E-state index contributed by atoms with van der Waals surface area (Å²) in [6.45, 7) is -0.0790. The van der Waals surface area contributed by atoms with Gasteiger partial charge in [-0.05, 0) is 17.2 Å². The highest BCUT2D eigenvalue weighted by Gasteiger charge is 2.05. The van der Waals surface area contributed by atoms with E-state index in [0.717, 1.165) is 0 Å². The maximum Gasteiger partial charge on any atom is 0.269 e. The lowest BCUT2D eigenvalue weighted by Crippen LogP contribution is -2.01. The van der Waals surface area contributed by atoms with Crippen LogP contribution < -0.4 is 0 Å². The fourth-order valence-electron chi connectivity index (χ4n) is 1.01. The van der Waals surface area contributed by atoms with Crippen molar-refractivity contribution < 1.29 is 14.5 Å². The number of hydrogen-bond acceptors (Lipinski definition) is 4. The Morgan fingerprint density at radius 1 is 1.53 bits per heavy atom. The molecule has 0 atom stereocenters. The lowest BCUT2D eigenvalue weighted by molar-refractivity contribution is -0.384. The zero-order valence-corrected chi connectivity index (χ0v) is 8.44. The molecular weight excluding hydrogens is 222 g/mol. The third kappa shape index (κ3) is 4.05. The van der Waals surface area contributed by atoms with Crippen molar-refractivity contribution in [3.63, 3.8) is 0 Å². The van der Waals surface area contributed by atoms with E-state index in [9.17, 15) is 14.9 Å². The number of nitrogens with zero attached hydrogens (tertiary/aromatic N) is 1. The zero-order valence-electron chi connectivity index (χ0n) is 7.68. The Hall–Kier alpha value is -1.46. The topological polar surface area (TPSA) is 69.4 Å². The van der Waals surface area contributed by atoms with Crippen molar-refractivity contribution in [2.45, 2.75) is 6.61 Å². The molecule has 0 radical (unpaired) electrons. The summed E-state index contributed by atoms with van der Waals surface area (Å²) in [5, 5.41) is 9.83. The van der Waals surface area contributed by atoms with E-state index in [1.165, 1.54) is 12.1 Å². The first-order valence-corrected chi connectivity index (χ1v) is 4.47. The van der Waals surface area contributed by atoms with E-state index in [4.69, 9.17) is 16.3 Å². The van der Waals surface area contributed by atoms with Gasteiger partial charge in [-0.25, -0.2) is 0 Å². The van der Waals surface area contributed by atoms with Gasteiger partial charge in [0.1, 0.15) is 6.61 Å². The predicted octanol–water partition coefficient (Wildman–Crippen LogP) is 1.88. The van der Waals surface area contributed by atoms with Gasteiger partial charge in [0.05, 0.1) is 11.5 Å². The van der Waals surface area contributed by atoms with Crippen LogP contribution in [-0.4, -0.2) is 16.8 Å². The summed E-state index contributed by atoms with van der Waals surface area (Å²) in [5.41, 5.74) is 0.621. The molecule has 0 aliphatic heterocycles. The molecule has 6 heteroatoms. The lowest BCUT2D eigenvalue weighted by Gasteiger charge is -2.00. The molecule has 80 valence electrons. The Morgan fingerprint density at radius 2 is 2.27 bits per heavy atom. The number of carbonyl (C=O) groups is 1. The van der Waals surface area contributed by atoms with Gasteiger partial charge >= 0.3 is 0 Å².